The molecule has 1 aromatic rings. The Labute approximate surface area is 148 Å². The van der Waals surface area contributed by atoms with Gasteiger partial charge in [0.2, 0.25) is 5.91 Å². The second-order valence-electron chi connectivity index (χ2n) is 6.25. The van der Waals surface area contributed by atoms with Crippen molar-refractivity contribution >= 4 is 29.1 Å². The molecule has 1 fully saturated rings. The van der Waals surface area contributed by atoms with E-state index in [0.29, 0.717) is 16.6 Å². The second kappa shape index (κ2) is 8.34. The molecule has 0 aliphatic carbocycles. The Kier molecular flexibility index (Phi) is 6.72. The minimum Gasteiger partial charge on any atom is -0.391 e. The van der Waals surface area contributed by atoms with Crippen molar-refractivity contribution in [2.24, 2.45) is 0 Å². The Morgan fingerprint density at radius 1 is 1.30 bits per heavy atom. The number of aliphatic hydroxyl groups excluding tert-OH is 1. The lowest BCUT2D eigenvalue weighted by Gasteiger charge is -2.33. The van der Waals surface area contributed by atoms with Crippen LogP contribution in [-0.4, -0.2) is 59.6 Å². The minimum absolute atomic E-state index is 0.0338. The van der Waals surface area contributed by atoms with Gasteiger partial charge in [-0.05, 0) is 50.6 Å². The van der Waals surface area contributed by atoms with E-state index in [4.69, 9.17) is 23.2 Å². The van der Waals surface area contributed by atoms with E-state index < -0.39 is 6.10 Å². The third kappa shape index (κ3) is 5.08. The van der Waals surface area contributed by atoms with E-state index in [1.54, 1.807) is 37.1 Å². The first kappa shape index (κ1) is 18.5. The molecule has 1 amide bonds. The monoisotopic (exact) mass is 358 g/mol. The zero-order chi connectivity index (χ0) is 17.0. The molecular weight excluding hydrogens is 335 g/mol. The van der Waals surface area contributed by atoms with Crippen LogP contribution in [0.2, 0.25) is 10.0 Å². The molecule has 23 heavy (non-hydrogen) atoms. The fourth-order valence-electron chi connectivity index (χ4n) is 2.96. The van der Waals surface area contributed by atoms with Gasteiger partial charge in [0, 0.05) is 13.6 Å². The maximum atomic E-state index is 12.5. The molecule has 0 spiro atoms. The summed E-state index contributed by atoms with van der Waals surface area (Å²) >= 11 is 11.9. The average molecular weight is 359 g/mol. The Balaban J connectivity index is 2.01. The van der Waals surface area contributed by atoms with Crippen molar-refractivity contribution in [3.8, 4) is 0 Å². The van der Waals surface area contributed by atoms with Gasteiger partial charge in [0.15, 0.2) is 0 Å². The molecule has 6 heteroatoms. The molecule has 128 valence electrons. The van der Waals surface area contributed by atoms with Crippen LogP contribution in [0.1, 0.15) is 25.3 Å². The summed E-state index contributed by atoms with van der Waals surface area (Å²) in [6.45, 7) is 4.53. The minimum atomic E-state index is -0.571. The molecular formula is C17H24Cl2N2O2. The molecule has 1 aliphatic heterocycles. The summed E-state index contributed by atoms with van der Waals surface area (Å²) in [5, 5.41) is 11.0. The second-order valence-corrected chi connectivity index (χ2v) is 7.06. The zero-order valence-electron chi connectivity index (χ0n) is 13.6. The number of amides is 1. The molecule has 0 saturated carbocycles. The highest BCUT2D eigenvalue weighted by atomic mass is 35.5. The largest absolute Gasteiger partial charge is 0.391 e. The van der Waals surface area contributed by atoms with Gasteiger partial charge in [-0.15, -0.1) is 0 Å². The van der Waals surface area contributed by atoms with Gasteiger partial charge in [-0.2, -0.15) is 0 Å². The van der Waals surface area contributed by atoms with Crippen molar-refractivity contribution in [1.29, 1.82) is 0 Å². The van der Waals surface area contributed by atoms with Gasteiger partial charge in [0.1, 0.15) is 0 Å². The number of benzene rings is 1. The molecule has 2 rings (SSSR count). The number of likely N-dealkylation sites (tertiary alicyclic amines) is 1. The van der Waals surface area contributed by atoms with Crippen LogP contribution in [0.15, 0.2) is 18.2 Å². The van der Waals surface area contributed by atoms with Gasteiger partial charge in [-0.3, -0.25) is 4.79 Å². The van der Waals surface area contributed by atoms with E-state index in [0.717, 1.165) is 18.7 Å². The van der Waals surface area contributed by atoms with Gasteiger partial charge in [-0.1, -0.05) is 29.3 Å². The highest BCUT2D eigenvalue weighted by Gasteiger charge is 2.27. The molecule has 1 aliphatic rings. The zero-order valence-corrected chi connectivity index (χ0v) is 15.1. The highest BCUT2D eigenvalue weighted by Crippen LogP contribution is 2.23. The highest BCUT2D eigenvalue weighted by molar-refractivity contribution is 6.42. The summed E-state index contributed by atoms with van der Waals surface area (Å²) in [4.78, 5) is 16.5. The lowest BCUT2D eigenvalue weighted by molar-refractivity contribution is -0.133. The van der Waals surface area contributed by atoms with Gasteiger partial charge in [0.25, 0.3) is 0 Å². The third-order valence-corrected chi connectivity index (χ3v) is 5.17. The Morgan fingerprint density at radius 3 is 2.52 bits per heavy atom. The predicted octanol–water partition coefficient (Wildman–Crippen LogP) is 2.84. The number of likely N-dealkylation sites (N-methyl/N-ethyl adjacent to an activating group) is 1. The lowest BCUT2D eigenvalue weighted by Crippen LogP contribution is -2.50. The topological polar surface area (TPSA) is 43.8 Å². The Bertz CT molecular complexity index is 545. The van der Waals surface area contributed by atoms with Crippen LogP contribution in [0.3, 0.4) is 0 Å². The predicted molar refractivity (Wildman–Crippen MR) is 94.1 cm³/mol. The first-order valence-corrected chi connectivity index (χ1v) is 8.74. The van der Waals surface area contributed by atoms with Crippen LogP contribution < -0.4 is 0 Å². The molecule has 1 N–H and O–H groups in total. The smallest absolute Gasteiger partial charge is 0.227 e. The van der Waals surface area contributed by atoms with E-state index in [1.807, 2.05) is 0 Å². The molecule has 0 radical (unpaired) electrons. The fraction of sp³-hybridized carbons (Fsp3) is 0.588. The van der Waals surface area contributed by atoms with Crippen LogP contribution in [0.4, 0.5) is 0 Å². The number of carbonyl (C=O) groups excluding carboxylic acids is 1. The van der Waals surface area contributed by atoms with E-state index in [2.05, 4.69) is 4.90 Å². The molecule has 1 saturated heterocycles. The number of rotatable bonds is 6. The van der Waals surface area contributed by atoms with E-state index in [9.17, 15) is 9.90 Å². The maximum Gasteiger partial charge on any atom is 0.227 e. The number of hydrogen-bond acceptors (Lipinski definition) is 3. The van der Waals surface area contributed by atoms with Crippen LogP contribution in [0.5, 0.6) is 0 Å². The van der Waals surface area contributed by atoms with Crippen LogP contribution in [-0.2, 0) is 11.2 Å². The van der Waals surface area contributed by atoms with Gasteiger partial charge < -0.3 is 14.9 Å². The number of nitrogens with zero attached hydrogens (tertiary/aromatic N) is 2. The summed E-state index contributed by atoms with van der Waals surface area (Å²) < 4.78 is 0. The summed E-state index contributed by atoms with van der Waals surface area (Å²) in [6, 6.07) is 5.01. The van der Waals surface area contributed by atoms with Crippen molar-refractivity contribution in [3.05, 3.63) is 33.8 Å². The van der Waals surface area contributed by atoms with Crippen LogP contribution in [0.25, 0.3) is 0 Å². The lowest BCUT2D eigenvalue weighted by atomic mass is 10.1. The maximum absolute atomic E-state index is 12.5. The quantitative estimate of drug-likeness (QED) is 0.850. The third-order valence-electron chi connectivity index (χ3n) is 4.43. The molecule has 0 bridgehead atoms. The van der Waals surface area contributed by atoms with E-state index in [-0.39, 0.29) is 18.4 Å². The Morgan fingerprint density at radius 2 is 1.96 bits per heavy atom. The molecule has 4 nitrogen and oxygen atoms in total. The average Bonchev–Trinajstić information content (AvgIpc) is 3.00. The molecule has 2 atom stereocenters. The van der Waals surface area contributed by atoms with Crippen molar-refractivity contribution in [2.45, 2.75) is 38.3 Å². The van der Waals surface area contributed by atoms with Gasteiger partial charge >= 0.3 is 0 Å². The SMILES string of the molecule is C[C@@H](O)[C@@H](CN1CCCC1)N(C)C(=O)Cc1ccc(Cl)c(Cl)c1. The fourth-order valence-corrected chi connectivity index (χ4v) is 3.28. The molecule has 1 aromatic carbocycles. The number of aliphatic hydroxyl groups is 1. The van der Waals surface area contributed by atoms with Crippen molar-refractivity contribution in [3.63, 3.8) is 0 Å². The summed E-state index contributed by atoms with van der Waals surface area (Å²) in [6.07, 6.45) is 2.05. The van der Waals surface area contributed by atoms with Gasteiger partial charge in [-0.25, -0.2) is 0 Å². The summed E-state index contributed by atoms with van der Waals surface area (Å²) in [7, 11) is 1.76. The van der Waals surface area contributed by atoms with Crippen molar-refractivity contribution in [1.82, 2.24) is 9.80 Å². The van der Waals surface area contributed by atoms with E-state index in [1.165, 1.54) is 12.8 Å². The number of halogens is 2. The summed E-state index contributed by atoms with van der Waals surface area (Å²) in [5.41, 5.74) is 0.821. The number of hydrogen-bond donors (Lipinski definition) is 1. The van der Waals surface area contributed by atoms with Gasteiger partial charge in [0.05, 0.1) is 28.6 Å². The molecule has 0 aromatic heterocycles. The van der Waals surface area contributed by atoms with Crippen LogP contribution >= 0.6 is 23.2 Å². The van der Waals surface area contributed by atoms with Crippen molar-refractivity contribution in [2.75, 3.05) is 26.7 Å². The standard InChI is InChI=1S/C17H24Cl2N2O2/c1-12(22)16(11-21-7-3-4-8-21)20(2)17(23)10-13-5-6-14(18)15(19)9-13/h5-6,9,12,16,22H,3-4,7-8,10-11H2,1-2H3/t12-,16-/m1/s1. The van der Waals surface area contributed by atoms with E-state index >= 15 is 0 Å². The van der Waals surface area contributed by atoms with Crippen molar-refractivity contribution < 1.29 is 9.90 Å². The summed E-state index contributed by atoms with van der Waals surface area (Å²) in [5.74, 6) is -0.0338. The first-order chi connectivity index (χ1) is 10.9. The number of carbonyl (C=O) groups is 1. The molecule has 0 unspecified atom stereocenters. The van der Waals surface area contributed by atoms with Crippen LogP contribution in [0, 0.1) is 0 Å². The Hall–Kier alpha value is -0.810. The normalized spacial score (nSPS) is 18.0. The molecule has 1 heterocycles. The first-order valence-electron chi connectivity index (χ1n) is 7.98.